The summed E-state index contributed by atoms with van der Waals surface area (Å²) in [7, 11) is -0.606. The fraction of sp³-hybridized carbons (Fsp3) is 0.700. The Hall–Kier alpha value is -0.525. The van der Waals surface area contributed by atoms with Crippen molar-refractivity contribution >= 4 is 23.2 Å². The van der Waals surface area contributed by atoms with Gasteiger partial charge in [0.15, 0.2) is 5.01 Å². The first kappa shape index (κ1) is 12.9. The Balaban J connectivity index is 2.20. The summed E-state index contributed by atoms with van der Waals surface area (Å²) in [6, 6.07) is 0. The van der Waals surface area contributed by atoms with Crippen LogP contribution in [0, 0.1) is 0 Å². The molecular formula is C10H14BF2NO2S. The summed E-state index contributed by atoms with van der Waals surface area (Å²) in [5.41, 5.74) is -0.931. The van der Waals surface area contributed by atoms with E-state index in [1.165, 1.54) is 6.20 Å². The van der Waals surface area contributed by atoms with Crippen LogP contribution in [0.4, 0.5) is 8.78 Å². The number of thiazole rings is 1. The molecule has 0 unspecified atom stereocenters. The number of hydrogen-bond acceptors (Lipinski definition) is 4. The highest BCUT2D eigenvalue weighted by Crippen LogP contribution is 2.37. The van der Waals surface area contributed by atoms with Crippen molar-refractivity contribution in [3.8, 4) is 0 Å². The van der Waals surface area contributed by atoms with Gasteiger partial charge in [0, 0.05) is 6.20 Å². The normalized spacial score (nSPS) is 22.4. The lowest BCUT2D eigenvalue weighted by atomic mass is 9.89. The van der Waals surface area contributed by atoms with Crippen LogP contribution in [0.5, 0.6) is 0 Å². The molecule has 0 radical (unpaired) electrons. The summed E-state index contributed by atoms with van der Waals surface area (Å²) in [5.74, 6) is 0. The van der Waals surface area contributed by atoms with Gasteiger partial charge in [0.25, 0.3) is 6.43 Å². The van der Waals surface area contributed by atoms with Gasteiger partial charge < -0.3 is 9.31 Å². The van der Waals surface area contributed by atoms with Crippen molar-refractivity contribution in [2.75, 3.05) is 0 Å². The number of halogens is 2. The van der Waals surface area contributed by atoms with Crippen LogP contribution in [0.2, 0.25) is 0 Å². The van der Waals surface area contributed by atoms with Gasteiger partial charge in [-0.25, -0.2) is 13.8 Å². The van der Waals surface area contributed by atoms with Gasteiger partial charge in [0.1, 0.15) is 0 Å². The number of hydrogen-bond donors (Lipinski definition) is 0. The average Bonchev–Trinajstić information content (AvgIpc) is 2.70. The van der Waals surface area contributed by atoms with Crippen molar-refractivity contribution < 1.29 is 18.1 Å². The number of alkyl halides is 2. The van der Waals surface area contributed by atoms with Gasteiger partial charge >= 0.3 is 7.12 Å². The summed E-state index contributed by atoms with van der Waals surface area (Å²) in [4.78, 5) is 3.66. The molecule has 0 bridgehead atoms. The van der Waals surface area contributed by atoms with Crippen LogP contribution in [-0.2, 0) is 9.31 Å². The number of aromatic nitrogens is 1. The summed E-state index contributed by atoms with van der Waals surface area (Å²) in [5, 5.41) is -0.199. The number of rotatable bonds is 2. The molecule has 1 fully saturated rings. The van der Waals surface area contributed by atoms with E-state index in [2.05, 4.69) is 4.98 Å². The van der Waals surface area contributed by atoms with E-state index in [0.29, 0.717) is 4.78 Å². The molecule has 7 heteroatoms. The predicted octanol–water partition coefficient (Wildman–Crippen LogP) is 2.38. The molecule has 1 aromatic rings. The molecule has 3 nitrogen and oxygen atoms in total. The van der Waals surface area contributed by atoms with E-state index in [4.69, 9.17) is 9.31 Å². The van der Waals surface area contributed by atoms with Crippen molar-refractivity contribution in [1.29, 1.82) is 0 Å². The highest BCUT2D eigenvalue weighted by atomic mass is 32.1. The van der Waals surface area contributed by atoms with Crippen molar-refractivity contribution in [1.82, 2.24) is 4.98 Å². The van der Waals surface area contributed by atoms with Gasteiger partial charge in [-0.15, -0.1) is 11.3 Å². The largest absolute Gasteiger partial charge is 0.507 e. The third kappa shape index (κ3) is 2.23. The minimum atomic E-state index is -2.55. The van der Waals surface area contributed by atoms with E-state index >= 15 is 0 Å². The van der Waals surface area contributed by atoms with Gasteiger partial charge in [-0.05, 0) is 27.7 Å². The Labute approximate surface area is 103 Å². The van der Waals surface area contributed by atoms with Crippen molar-refractivity contribution in [3.05, 3.63) is 11.2 Å². The topological polar surface area (TPSA) is 31.4 Å². The first-order valence-electron chi connectivity index (χ1n) is 5.32. The minimum absolute atomic E-state index is 0.199. The van der Waals surface area contributed by atoms with E-state index < -0.39 is 24.7 Å². The molecule has 1 saturated heterocycles. The Morgan fingerprint density at radius 3 is 2.18 bits per heavy atom. The van der Waals surface area contributed by atoms with Gasteiger partial charge in [-0.1, -0.05) is 0 Å². The zero-order valence-electron chi connectivity index (χ0n) is 10.2. The summed E-state index contributed by atoms with van der Waals surface area (Å²) >= 11 is 0.929. The smallest absolute Gasteiger partial charge is 0.399 e. The second-order valence-electron chi connectivity index (χ2n) is 4.99. The molecule has 1 aromatic heterocycles. The Kier molecular flexibility index (Phi) is 3.04. The second kappa shape index (κ2) is 4.00. The second-order valence-corrected chi connectivity index (χ2v) is 6.08. The first-order chi connectivity index (χ1) is 7.73. The third-order valence-electron chi connectivity index (χ3n) is 3.21. The maximum Gasteiger partial charge on any atom is 0.507 e. The van der Waals surface area contributed by atoms with Crippen molar-refractivity contribution in [3.63, 3.8) is 0 Å². The fourth-order valence-electron chi connectivity index (χ4n) is 1.47. The lowest BCUT2D eigenvalue weighted by Gasteiger charge is -2.32. The van der Waals surface area contributed by atoms with E-state index in [-0.39, 0.29) is 5.01 Å². The zero-order valence-corrected chi connectivity index (χ0v) is 11.0. The summed E-state index contributed by atoms with van der Waals surface area (Å²) in [6.45, 7) is 7.67. The highest BCUT2D eigenvalue weighted by molar-refractivity contribution is 7.22. The molecule has 1 aliphatic heterocycles. The molecule has 0 atom stereocenters. The monoisotopic (exact) mass is 261 g/mol. The maximum atomic E-state index is 12.4. The predicted molar refractivity (Wildman–Crippen MR) is 62.8 cm³/mol. The number of nitrogens with zero attached hydrogens (tertiary/aromatic N) is 1. The van der Waals surface area contributed by atoms with Crippen LogP contribution in [-0.4, -0.2) is 23.3 Å². The van der Waals surface area contributed by atoms with Crippen LogP contribution in [0.1, 0.15) is 39.1 Å². The molecule has 0 N–H and O–H groups in total. The van der Waals surface area contributed by atoms with Crippen LogP contribution < -0.4 is 4.78 Å². The molecule has 0 aliphatic carbocycles. The minimum Gasteiger partial charge on any atom is -0.399 e. The van der Waals surface area contributed by atoms with Crippen molar-refractivity contribution in [2.24, 2.45) is 0 Å². The molecule has 2 heterocycles. The van der Waals surface area contributed by atoms with Gasteiger partial charge in [-0.3, -0.25) is 0 Å². The SMILES string of the molecule is CC1(C)OB(c2cnc(C(F)F)s2)OC1(C)C. The van der Waals surface area contributed by atoms with Gasteiger partial charge in [0.2, 0.25) is 0 Å². The average molecular weight is 261 g/mol. The first-order valence-corrected chi connectivity index (χ1v) is 6.14. The van der Waals surface area contributed by atoms with Crippen molar-refractivity contribution in [2.45, 2.75) is 45.3 Å². The van der Waals surface area contributed by atoms with E-state index in [1.54, 1.807) is 0 Å². The molecule has 94 valence electrons. The maximum absolute atomic E-state index is 12.4. The summed E-state index contributed by atoms with van der Waals surface area (Å²) < 4.78 is 37.0. The molecule has 0 amide bonds. The van der Waals surface area contributed by atoms with E-state index in [9.17, 15) is 8.78 Å². The molecule has 1 aliphatic rings. The van der Waals surface area contributed by atoms with Crippen LogP contribution in [0.15, 0.2) is 6.20 Å². The highest BCUT2D eigenvalue weighted by Gasteiger charge is 2.52. The quantitative estimate of drug-likeness (QED) is 0.766. The lowest BCUT2D eigenvalue weighted by molar-refractivity contribution is 0.00578. The molecule has 17 heavy (non-hydrogen) atoms. The van der Waals surface area contributed by atoms with E-state index in [1.807, 2.05) is 27.7 Å². The van der Waals surface area contributed by atoms with Crippen LogP contribution in [0.25, 0.3) is 0 Å². The molecular weight excluding hydrogens is 247 g/mol. The van der Waals surface area contributed by atoms with Crippen LogP contribution in [0.3, 0.4) is 0 Å². The van der Waals surface area contributed by atoms with E-state index in [0.717, 1.165) is 11.3 Å². The molecule has 0 spiro atoms. The van der Waals surface area contributed by atoms with Gasteiger partial charge in [0.05, 0.1) is 16.0 Å². The Morgan fingerprint density at radius 1 is 1.24 bits per heavy atom. The molecule has 0 saturated carbocycles. The lowest BCUT2D eigenvalue weighted by Crippen LogP contribution is -2.41. The van der Waals surface area contributed by atoms with Crippen LogP contribution >= 0.6 is 11.3 Å². The standard InChI is InChI=1S/C10H14BF2NO2S/c1-9(2)10(3,4)16-11(15-9)6-5-14-8(17-6)7(12)13/h5,7H,1-4H3. The third-order valence-corrected chi connectivity index (χ3v) is 4.24. The van der Waals surface area contributed by atoms with Gasteiger partial charge in [-0.2, -0.15) is 0 Å². The summed E-state index contributed by atoms with van der Waals surface area (Å²) in [6.07, 6.45) is -1.15. The Bertz CT molecular complexity index is 406. The Morgan fingerprint density at radius 2 is 1.76 bits per heavy atom. The molecule has 2 rings (SSSR count). The fourth-order valence-corrected chi connectivity index (χ4v) is 2.20. The molecule has 0 aromatic carbocycles. The zero-order chi connectivity index (χ0) is 12.8.